The van der Waals surface area contributed by atoms with Crippen LogP contribution in [-0.4, -0.2) is 31.0 Å². The predicted octanol–water partition coefficient (Wildman–Crippen LogP) is 3.87. The maximum atomic E-state index is 12.2. The lowest BCUT2D eigenvalue weighted by Gasteiger charge is -2.19. The zero-order valence-electron chi connectivity index (χ0n) is 15.2. The van der Waals surface area contributed by atoms with Crippen molar-refractivity contribution in [3.8, 4) is 11.5 Å². The van der Waals surface area contributed by atoms with E-state index in [9.17, 15) is 4.79 Å². The summed E-state index contributed by atoms with van der Waals surface area (Å²) in [7, 11) is 0. The van der Waals surface area contributed by atoms with Crippen molar-refractivity contribution >= 4 is 27.9 Å². The van der Waals surface area contributed by atoms with E-state index in [1.807, 2.05) is 23.6 Å². The van der Waals surface area contributed by atoms with Crippen molar-refractivity contribution in [1.29, 1.82) is 0 Å². The SMILES string of the molecule is CCCN(Cc1cc(=O)n2ccsc2n1)Cc1nnc(-c2ccccc2Cl)o1. The van der Waals surface area contributed by atoms with E-state index in [1.54, 1.807) is 22.7 Å². The molecule has 0 atom stereocenters. The molecule has 144 valence electrons. The number of rotatable bonds is 7. The fraction of sp³-hybridized carbons (Fsp3) is 0.263. The second-order valence-corrected chi connectivity index (χ2v) is 7.61. The van der Waals surface area contributed by atoms with Gasteiger partial charge in [-0.15, -0.1) is 21.5 Å². The molecule has 4 aromatic rings. The zero-order valence-corrected chi connectivity index (χ0v) is 16.8. The third-order valence-electron chi connectivity index (χ3n) is 4.21. The van der Waals surface area contributed by atoms with Gasteiger partial charge in [0.15, 0.2) is 4.96 Å². The van der Waals surface area contributed by atoms with Crippen molar-refractivity contribution in [3.63, 3.8) is 0 Å². The predicted molar refractivity (Wildman–Crippen MR) is 108 cm³/mol. The first kappa shape index (κ1) is 18.8. The molecule has 4 rings (SSSR count). The molecule has 0 fully saturated rings. The van der Waals surface area contributed by atoms with E-state index in [4.69, 9.17) is 16.0 Å². The molecular weight excluding hydrogens is 398 g/mol. The quantitative estimate of drug-likeness (QED) is 0.456. The van der Waals surface area contributed by atoms with Crippen molar-refractivity contribution < 1.29 is 4.42 Å². The van der Waals surface area contributed by atoms with Crippen LogP contribution in [-0.2, 0) is 13.1 Å². The van der Waals surface area contributed by atoms with Crippen LogP contribution in [0.15, 0.2) is 51.1 Å². The maximum Gasteiger partial charge on any atom is 0.258 e. The Bertz CT molecular complexity index is 1150. The smallest absolute Gasteiger partial charge is 0.258 e. The molecule has 1 aromatic carbocycles. The summed E-state index contributed by atoms with van der Waals surface area (Å²) in [6.07, 6.45) is 2.68. The normalized spacial score (nSPS) is 11.5. The number of benzene rings is 1. The summed E-state index contributed by atoms with van der Waals surface area (Å²) < 4.78 is 7.36. The number of thiazole rings is 1. The Morgan fingerprint density at radius 2 is 2.11 bits per heavy atom. The van der Waals surface area contributed by atoms with Gasteiger partial charge in [0.1, 0.15) is 0 Å². The van der Waals surface area contributed by atoms with Crippen LogP contribution in [0.3, 0.4) is 0 Å². The lowest BCUT2D eigenvalue weighted by atomic mass is 10.2. The van der Waals surface area contributed by atoms with Crippen molar-refractivity contribution in [2.24, 2.45) is 0 Å². The first-order valence-corrected chi connectivity index (χ1v) is 10.1. The summed E-state index contributed by atoms with van der Waals surface area (Å²) in [5.41, 5.74) is 1.37. The second kappa shape index (κ2) is 8.22. The van der Waals surface area contributed by atoms with Gasteiger partial charge in [-0.25, -0.2) is 4.98 Å². The number of nitrogens with zero attached hydrogens (tertiary/aromatic N) is 5. The van der Waals surface area contributed by atoms with Gasteiger partial charge in [-0.05, 0) is 25.1 Å². The third kappa shape index (κ3) is 3.99. The Morgan fingerprint density at radius 1 is 1.25 bits per heavy atom. The summed E-state index contributed by atoms with van der Waals surface area (Å²) in [6.45, 7) is 3.91. The average molecular weight is 416 g/mol. The Morgan fingerprint density at radius 3 is 2.93 bits per heavy atom. The molecule has 0 amide bonds. The highest BCUT2D eigenvalue weighted by molar-refractivity contribution is 7.15. The number of fused-ring (bicyclic) bond motifs is 1. The van der Waals surface area contributed by atoms with E-state index in [2.05, 4.69) is 27.0 Å². The largest absolute Gasteiger partial charge is 0.419 e. The molecule has 0 saturated heterocycles. The minimum Gasteiger partial charge on any atom is -0.419 e. The van der Waals surface area contributed by atoms with Gasteiger partial charge in [-0.1, -0.05) is 30.7 Å². The summed E-state index contributed by atoms with van der Waals surface area (Å²) in [5, 5.41) is 10.7. The van der Waals surface area contributed by atoms with Crippen molar-refractivity contribution in [1.82, 2.24) is 24.5 Å². The molecule has 0 aliphatic carbocycles. The molecule has 3 aromatic heterocycles. The number of hydrogen-bond acceptors (Lipinski definition) is 7. The summed E-state index contributed by atoms with van der Waals surface area (Å²) in [4.78, 5) is 19.6. The van der Waals surface area contributed by atoms with Crippen molar-refractivity contribution in [2.45, 2.75) is 26.4 Å². The number of hydrogen-bond donors (Lipinski definition) is 0. The van der Waals surface area contributed by atoms with Crippen LogP contribution < -0.4 is 5.56 Å². The highest BCUT2D eigenvalue weighted by atomic mass is 35.5. The summed E-state index contributed by atoms with van der Waals surface area (Å²) >= 11 is 7.65. The standard InChI is InChI=1S/C19H18ClN5O2S/c1-2-7-24(11-13-10-17(26)25-8-9-28-19(25)21-13)12-16-22-23-18(27-16)14-5-3-4-6-15(14)20/h3-6,8-10H,2,7,11-12H2,1H3. The molecule has 3 heterocycles. The minimum absolute atomic E-state index is 0.0727. The topological polar surface area (TPSA) is 76.5 Å². The maximum absolute atomic E-state index is 12.2. The molecule has 9 heteroatoms. The van der Waals surface area contributed by atoms with Gasteiger partial charge < -0.3 is 4.42 Å². The highest BCUT2D eigenvalue weighted by Crippen LogP contribution is 2.26. The first-order chi connectivity index (χ1) is 13.6. The lowest BCUT2D eigenvalue weighted by Crippen LogP contribution is -2.25. The van der Waals surface area contributed by atoms with Crippen LogP contribution in [0.1, 0.15) is 24.9 Å². The summed E-state index contributed by atoms with van der Waals surface area (Å²) in [5.74, 6) is 0.894. The van der Waals surface area contributed by atoms with E-state index in [1.165, 1.54) is 11.3 Å². The number of halogens is 1. The van der Waals surface area contributed by atoms with Gasteiger partial charge in [-0.3, -0.25) is 14.1 Å². The van der Waals surface area contributed by atoms with Crippen LogP contribution in [0.25, 0.3) is 16.4 Å². The molecule has 0 N–H and O–H groups in total. The zero-order chi connectivity index (χ0) is 19.5. The van der Waals surface area contributed by atoms with Gasteiger partial charge in [0.25, 0.3) is 5.56 Å². The van der Waals surface area contributed by atoms with Gasteiger partial charge in [0.05, 0.1) is 22.8 Å². The monoisotopic (exact) mass is 415 g/mol. The molecule has 0 bridgehead atoms. The average Bonchev–Trinajstić information content (AvgIpc) is 3.32. The fourth-order valence-electron chi connectivity index (χ4n) is 2.98. The van der Waals surface area contributed by atoms with E-state index >= 15 is 0 Å². The van der Waals surface area contributed by atoms with Crippen molar-refractivity contribution in [3.05, 3.63) is 68.9 Å². The lowest BCUT2D eigenvalue weighted by molar-refractivity contribution is 0.229. The Balaban J connectivity index is 1.54. The molecule has 0 saturated carbocycles. The molecular formula is C19H18ClN5O2S. The molecule has 0 aliphatic heterocycles. The van der Waals surface area contributed by atoms with Gasteiger partial charge >= 0.3 is 0 Å². The van der Waals surface area contributed by atoms with E-state index in [0.29, 0.717) is 40.4 Å². The Kier molecular flexibility index (Phi) is 5.52. The molecule has 0 radical (unpaired) electrons. The van der Waals surface area contributed by atoms with Crippen LogP contribution in [0.5, 0.6) is 0 Å². The Labute approximate surface area is 170 Å². The number of aromatic nitrogens is 4. The van der Waals surface area contributed by atoms with Crippen molar-refractivity contribution in [2.75, 3.05) is 6.54 Å². The van der Waals surface area contributed by atoms with Crippen LogP contribution in [0.4, 0.5) is 0 Å². The van der Waals surface area contributed by atoms with E-state index in [-0.39, 0.29) is 5.56 Å². The Hall–Kier alpha value is -2.55. The van der Waals surface area contributed by atoms with Gasteiger partial charge in [-0.2, -0.15) is 0 Å². The fourth-order valence-corrected chi connectivity index (χ4v) is 3.94. The molecule has 0 aliphatic rings. The van der Waals surface area contributed by atoms with Crippen LogP contribution in [0, 0.1) is 0 Å². The molecule has 7 nitrogen and oxygen atoms in total. The molecule has 28 heavy (non-hydrogen) atoms. The second-order valence-electron chi connectivity index (χ2n) is 6.33. The van der Waals surface area contributed by atoms with Gasteiger partial charge in [0.2, 0.25) is 11.8 Å². The molecule has 0 spiro atoms. The third-order valence-corrected chi connectivity index (χ3v) is 5.30. The van der Waals surface area contributed by atoms with E-state index < -0.39 is 0 Å². The summed E-state index contributed by atoms with van der Waals surface area (Å²) in [6, 6.07) is 8.93. The molecule has 0 unspecified atom stereocenters. The minimum atomic E-state index is -0.0727. The van der Waals surface area contributed by atoms with Crippen LogP contribution >= 0.6 is 22.9 Å². The van der Waals surface area contributed by atoms with Gasteiger partial charge in [0, 0.05) is 24.2 Å². The first-order valence-electron chi connectivity index (χ1n) is 8.89. The highest BCUT2D eigenvalue weighted by Gasteiger charge is 2.16. The van der Waals surface area contributed by atoms with E-state index in [0.717, 1.165) is 18.7 Å². The van der Waals surface area contributed by atoms with Crippen LogP contribution in [0.2, 0.25) is 5.02 Å².